The zero-order valence-corrected chi connectivity index (χ0v) is 13.5. The number of ether oxygens (including phenoxy) is 1. The Kier molecular flexibility index (Phi) is 4.98. The van der Waals surface area contributed by atoms with E-state index in [1.165, 1.54) is 12.1 Å². The summed E-state index contributed by atoms with van der Waals surface area (Å²) in [5, 5.41) is 9.31. The molecule has 1 heterocycles. The molecule has 0 aromatic heterocycles. The van der Waals surface area contributed by atoms with Crippen LogP contribution in [0.4, 0.5) is 13.2 Å². The molecule has 1 aliphatic heterocycles. The van der Waals surface area contributed by atoms with Gasteiger partial charge in [0.2, 0.25) is 0 Å². The molecule has 23 heavy (non-hydrogen) atoms. The van der Waals surface area contributed by atoms with E-state index in [1.54, 1.807) is 12.1 Å². The largest absolute Gasteiger partial charge is 0.478 e. The minimum absolute atomic E-state index is 0.0341. The van der Waals surface area contributed by atoms with Crippen molar-refractivity contribution >= 4 is 23.8 Å². The van der Waals surface area contributed by atoms with Crippen molar-refractivity contribution < 1.29 is 27.8 Å². The van der Waals surface area contributed by atoms with Gasteiger partial charge in [-0.3, -0.25) is 0 Å². The van der Waals surface area contributed by atoms with E-state index in [4.69, 9.17) is 4.74 Å². The predicted molar refractivity (Wildman–Crippen MR) is 83.4 cm³/mol. The van der Waals surface area contributed by atoms with Crippen molar-refractivity contribution in [2.45, 2.75) is 31.4 Å². The van der Waals surface area contributed by atoms with Gasteiger partial charge in [-0.05, 0) is 30.2 Å². The second kappa shape index (κ2) is 6.47. The van der Waals surface area contributed by atoms with Crippen molar-refractivity contribution in [3.63, 3.8) is 0 Å². The van der Waals surface area contributed by atoms with Crippen LogP contribution in [0.1, 0.15) is 25.8 Å². The molecule has 0 fully saturated rings. The third-order valence-corrected chi connectivity index (χ3v) is 4.81. The number of rotatable bonds is 5. The SMILES string of the molecule is CC(C)CCSC1(C(F)(F)F)Oc2ccccc2C=C1C(=O)O. The van der Waals surface area contributed by atoms with Crippen LogP contribution in [-0.4, -0.2) is 27.9 Å². The smallest absolute Gasteiger partial charge is 0.443 e. The summed E-state index contributed by atoms with van der Waals surface area (Å²) in [6.07, 6.45) is -3.27. The van der Waals surface area contributed by atoms with E-state index in [9.17, 15) is 23.1 Å². The number of alkyl halides is 3. The van der Waals surface area contributed by atoms with Gasteiger partial charge in [0, 0.05) is 5.56 Å². The van der Waals surface area contributed by atoms with Crippen LogP contribution < -0.4 is 4.74 Å². The van der Waals surface area contributed by atoms with Gasteiger partial charge in [0.1, 0.15) is 11.3 Å². The Bertz CT molecular complexity index is 625. The van der Waals surface area contributed by atoms with Gasteiger partial charge in [0.05, 0.1) is 0 Å². The van der Waals surface area contributed by atoms with Crippen LogP contribution in [0.3, 0.4) is 0 Å². The van der Waals surface area contributed by atoms with Crippen molar-refractivity contribution in [3.8, 4) is 5.75 Å². The minimum atomic E-state index is -4.85. The molecule has 1 aliphatic rings. The molecule has 2 rings (SSSR count). The Morgan fingerprint density at radius 1 is 1.35 bits per heavy atom. The van der Waals surface area contributed by atoms with Crippen molar-refractivity contribution in [3.05, 3.63) is 35.4 Å². The monoisotopic (exact) mass is 346 g/mol. The van der Waals surface area contributed by atoms with Crippen molar-refractivity contribution in [1.29, 1.82) is 0 Å². The average molecular weight is 346 g/mol. The van der Waals surface area contributed by atoms with Crippen LogP contribution in [0.25, 0.3) is 6.08 Å². The maximum absolute atomic E-state index is 13.8. The van der Waals surface area contributed by atoms with Gasteiger partial charge in [0.25, 0.3) is 4.93 Å². The fourth-order valence-corrected chi connectivity index (χ4v) is 3.68. The van der Waals surface area contributed by atoms with Crippen LogP contribution in [0.2, 0.25) is 0 Å². The zero-order chi connectivity index (χ0) is 17.3. The first kappa shape index (κ1) is 17.7. The van der Waals surface area contributed by atoms with Crippen LogP contribution in [0.5, 0.6) is 5.75 Å². The Morgan fingerprint density at radius 3 is 2.57 bits per heavy atom. The van der Waals surface area contributed by atoms with Crippen LogP contribution in [0, 0.1) is 5.92 Å². The fraction of sp³-hybridized carbons (Fsp3) is 0.438. The summed E-state index contributed by atoms with van der Waals surface area (Å²) in [5.74, 6) is -1.24. The van der Waals surface area contributed by atoms with E-state index in [-0.39, 0.29) is 17.4 Å². The first-order chi connectivity index (χ1) is 10.7. The minimum Gasteiger partial charge on any atom is -0.478 e. The van der Waals surface area contributed by atoms with Gasteiger partial charge < -0.3 is 9.84 Å². The van der Waals surface area contributed by atoms with Crippen LogP contribution in [-0.2, 0) is 4.79 Å². The second-order valence-electron chi connectivity index (χ2n) is 5.65. The fourth-order valence-electron chi connectivity index (χ4n) is 2.19. The van der Waals surface area contributed by atoms with Gasteiger partial charge in [-0.1, -0.05) is 32.0 Å². The molecule has 7 heteroatoms. The lowest BCUT2D eigenvalue weighted by Gasteiger charge is -2.38. The number of carboxylic acid groups (broad SMARTS) is 1. The maximum Gasteiger partial charge on any atom is 0.443 e. The van der Waals surface area contributed by atoms with Gasteiger partial charge in [-0.2, -0.15) is 13.2 Å². The highest BCUT2D eigenvalue weighted by Gasteiger charge is 2.63. The average Bonchev–Trinajstić information content (AvgIpc) is 2.44. The van der Waals surface area contributed by atoms with E-state index in [1.807, 2.05) is 13.8 Å². The lowest BCUT2D eigenvalue weighted by molar-refractivity contribution is -0.200. The number of carbonyl (C=O) groups is 1. The van der Waals surface area contributed by atoms with E-state index in [0.717, 1.165) is 6.08 Å². The molecule has 0 saturated carbocycles. The summed E-state index contributed by atoms with van der Waals surface area (Å²) in [5.41, 5.74) is -0.466. The molecule has 0 spiro atoms. The molecule has 1 atom stereocenters. The number of para-hydroxylation sites is 1. The van der Waals surface area contributed by atoms with E-state index < -0.39 is 22.7 Å². The number of hydrogen-bond acceptors (Lipinski definition) is 3. The molecule has 0 saturated heterocycles. The molecular formula is C16H17F3O3S. The number of carboxylic acids is 1. The zero-order valence-electron chi connectivity index (χ0n) is 12.7. The highest BCUT2D eigenvalue weighted by molar-refractivity contribution is 8.00. The number of benzene rings is 1. The summed E-state index contributed by atoms with van der Waals surface area (Å²) in [6, 6.07) is 6.11. The summed E-state index contributed by atoms with van der Waals surface area (Å²) in [7, 11) is 0. The quantitative estimate of drug-likeness (QED) is 0.847. The van der Waals surface area contributed by atoms with Crippen molar-refractivity contribution in [1.82, 2.24) is 0 Å². The summed E-state index contributed by atoms with van der Waals surface area (Å²) in [4.78, 5) is 8.58. The number of thioether (sulfide) groups is 1. The molecule has 1 N–H and O–H groups in total. The maximum atomic E-state index is 13.8. The molecule has 0 radical (unpaired) electrons. The van der Waals surface area contributed by atoms with Crippen LogP contribution >= 0.6 is 11.8 Å². The molecule has 0 bridgehead atoms. The van der Waals surface area contributed by atoms with Crippen molar-refractivity contribution in [2.24, 2.45) is 5.92 Å². The Morgan fingerprint density at radius 2 is 2.00 bits per heavy atom. The third kappa shape index (κ3) is 3.49. The lowest BCUT2D eigenvalue weighted by atomic mass is 10.0. The molecule has 1 aromatic carbocycles. The van der Waals surface area contributed by atoms with Crippen molar-refractivity contribution in [2.75, 3.05) is 5.75 Å². The Balaban J connectivity index is 2.49. The van der Waals surface area contributed by atoms with E-state index in [0.29, 0.717) is 23.7 Å². The van der Waals surface area contributed by atoms with Gasteiger partial charge in [-0.15, -0.1) is 11.8 Å². The molecule has 0 aliphatic carbocycles. The summed E-state index contributed by atoms with van der Waals surface area (Å²) >= 11 is 0.484. The predicted octanol–water partition coefficient (Wildman–Crippen LogP) is 4.58. The number of fused-ring (bicyclic) bond motifs is 1. The number of aliphatic carboxylic acids is 1. The number of halogens is 3. The van der Waals surface area contributed by atoms with Crippen LogP contribution in [0.15, 0.2) is 29.8 Å². The molecule has 1 aromatic rings. The van der Waals surface area contributed by atoms with E-state index in [2.05, 4.69) is 0 Å². The Labute approximate surface area is 136 Å². The molecular weight excluding hydrogens is 329 g/mol. The van der Waals surface area contributed by atoms with Gasteiger partial charge in [-0.25, -0.2) is 4.79 Å². The first-order valence-electron chi connectivity index (χ1n) is 7.11. The molecule has 1 unspecified atom stereocenters. The van der Waals surface area contributed by atoms with Gasteiger partial charge in [0.15, 0.2) is 0 Å². The first-order valence-corrected chi connectivity index (χ1v) is 8.10. The Hall–Kier alpha value is -1.63. The van der Waals surface area contributed by atoms with E-state index >= 15 is 0 Å². The lowest BCUT2D eigenvalue weighted by Crippen LogP contribution is -2.52. The summed E-state index contributed by atoms with van der Waals surface area (Å²) < 4.78 is 46.6. The molecule has 0 amide bonds. The summed E-state index contributed by atoms with van der Waals surface area (Å²) in [6.45, 7) is 3.79. The molecule has 3 nitrogen and oxygen atoms in total. The second-order valence-corrected chi connectivity index (χ2v) is 6.92. The highest BCUT2D eigenvalue weighted by Crippen LogP contribution is 2.52. The topological polar surface area (TPSA) is 46.5 Å². The third-order valence-electron chi connectivity index (χ3n) is 3.43. The normalized spacial score (nSPS) is 20.7. The van der Waals surface area contributed by atoms with Gasteiger partial charge >= 0.3 is 12.1 Å². The number of hydrogen-bond donors (Lipinski definition) is 1. The molecule has 126 valence electrons. The standard InChI is InChI=1S/C16H17F3O3S/c1-10(2)7-8-23-15(16(17,18)19)12(14(20)21)9-11-5-3-4-6-13(11)22-15/h3-6,9-10H,7-8H2,1-2H3,(H,20,21). The highest BCUT2D eigenvalue weighted by atomic mass is 32.2.